The molecular formula is C28H27N2O5-. The molecule has 1 amide bonds. The lowest BCUT2D eigenvalue weighted by Gasteiger charge is -2.29. The molecule has 1 aliphatic rings. The zero-order chi connectivity index (χ0) is 25.1. The van der Waals surface area contributed by atoms with Gasteiger partial charge in [-0.05, 0) is 55.8 Å². The topological polar surface area (TPSA) is 90.9 Å². The van der Waals surface area contributed by atoms with Crippen LogP contribution in [0.5, 0.6) is 11.5 Å². The van der Waals surface area contributed by atoms with E-state index in [1.54, 1.807) is 30.2 Å². The van der Waals surface area contributed by atoms with Crippen LogP contribution in [0.25, 0.3) is 0 Å². The van der Waals surface area contributed by atoms with E-state index < -0.39 is 18.4 Å². The minimum absolute atomic E-state index is 0.210. The molecule has 0 bridgehead atoms. The fourth-order valence-corrected chi connectivity index (χ4v) is 4.27. The summed E-state index contributed by atoms with van der Waals surface area (Å²) in [6, 6.07) is 19.6. The van der Waals surface area contributed by atoms with Crippen LogP contribution >= 0.6 is 0 Å². The lowest BCUT2D eigenvalue weighted by atomic mass is 9.95. The van der Waals surface area contributed by atoms with Crippen molar-refractivity contribution in [2.75, 3.05) is 24.4 Å². The van der Waals surface area contributed by atoms with Crippen molar-refractivity contribution in [2.24, 2.45) is 0 Å². The minimum atomic E-state index is -1.28. The molecule has 1 N–H and O–H groups in total. The molecule has 7 nitrogen and oxygen atoms in total. The normalized spacial score (nSPS) is 15.4. The van der Waals surface area contributed by atoms with E-state index in [1.165, 1.54) is 7.11 Å². The molecular weight excluding hydrogens is 444 g/mol. The zero-order valence-corrected chi connectivity index (χ0v) is 20.1. The van der Waals surface area contributed by atoms with Crippen molar-refractivity contribution in [2.45, 2.75) is 26.3 Å². The van der Waals surface area contributed by atoms with Crippen LogP contribution in [0.4, 0.5) is 11.4 Å². The lowest BCUT2D eigenvalue weighted by molar-refractivity contribution is -0.304. The second kappa shape index (κ2) is 9.93. The fraction of sp³-hybridized carbons (Fsp3) is 0.214. The van der Waals surface area contributed by atoms with Gasteiger partial charge in [-0.25, -0.2) is 0 Å². The summed E-state index contributed by atoms with van der Waals surface area (Å²) in [5.74, 6) is -0.556. The standard InChI is InChI=1S/C28H28N2O5/c1-17-5-9-19(10-6-17)29-26-23(16-25(31)32)27(22-14-13-21(34-3)15-24(22)35-4)30(28(26)33)20-11-7-18(2)8-12-20/h5-15,27,29H,16H2,1-4H3,(H,31,32)/p-1/t27-/m1/s1. The molecule has 0 radical (unpaired) electrons. The third kappa shape index (κ3) is 4.84. The van der Waals surface area contributed by atoms with Crippen LogP contribution in [0.15, 0.2) is 78.0 Å². The molecule has 180 valence electrons. The molecule has 3 aromatic rings. The first kappa shape index (κ1) is 23.9. The van der Waals surface area contributed by atoms with E-state index in [9.17, 15) is 14.7 Å². The Bertz CT molecular complexity index is 1280. The second-order valence-corrected chi connectivity index (χ2v) is 8.46. The molecule has 1 heterocycles. The Morgan fingerprint density at radius 3 is 2.14 bits per heavy atom. The number of ether oxygens (including phenoxy) is 2. The average Bonchev–Trinajstić information content (AvgIpc) is 3.10. The number of methoxy groups -OCH3 is 2. The van der Waals surface area contributed by atoms with Crippen molar-refractivity contribution in [3.05, 3.63) is 94.7 Å². The van der Waals surface area contributed by atoms with E-state index in [2.05, 4.69) is 5.32 Å². The van der Waals surface area contributed by atoms with E-state index >= 15 is 0 Å². The Hall–Kier alpha value is -4.26. The molecule has 0 aliphatic carbocycles. The number of nitrogens with one attached hydrogen (secondary N) is 1. The predicted molar refractivity (Wildman–Crippen MR) is 132 cm³/mol. The van der Waals surface area contributed by atoms with Gasteiger partial charge in [-0.1, -0.05) is 35.4 Å². The molecule has 0 aromatic heterocycles. The molecule has 35 heavy (non-hydrogen) atoms. The number of aryl methyl sites for hydroxylation is 2. The third-order valence-corrected chi connectivity index (χ3v) is 6.05. The maximum atomic E-state index is 13.9. The number of carboxylic acid groups (broad SMARTS) is 1. The Morgan fingerprint density at radius 2 is 1.57 bits per heavy atom. The number of benzene rings is 3. The summed E-state index contributed by atoms with van der Waals surface area (Å²) in [4.78, 5) is 27.4. The van der Waals surface area contributed by atoms with Crippen LogP contribution in [0.3, 0.4) is 0 Å². The minimum Gasteiger partial charge on any atom is -0.550 e. The number of hydrogen-bond acceptors (Lipinski definition) is 6. The number of carbonyl (C=O) groups is 2. The summed E-state index contributed by atoms with van der Waals surface area (Å²) < 4.78 is 11.0. The van der Waals surface area contributed by atoms with Crippen LogP contribution in [-0.2, 0) is 9.59 Å². The van der Waals surface area contributed by atoms with Gasteiger partial charge in [0, 0.05) is 35.4 Å². The number of carbonyl (C=O) groups excluding carboxylic acids is 2. The number of carboxylic acids is 1. The molecule has 4 rings (SSSR count). The van der Waals surface area contributed by atoms with E-state index in [1.807, 2.05) is 62.4 Å². The number of anilines is 2. The molecule has 0 saturated heterocycles. The van der Waals surface area contributed by atoms with Crippen LogP contribution in [0.2, 0.25) is 0 Å². The largest absolute Gasteiger partial charge is 0.550 e. The fourth-order valence-electron chi connectivity index (χ4n) is 4.27. The highest BCUT2D eigenvalue weighted by Gasteiger charge is 2.42. The molecule has 3 aromatic carbocycles. The van der Waals surface area contributed by atoms with E-state index in [0.717, 1.165) is 11.1 Å². The summed E-state index contributed by atoms with van der Waals surface area (Å²) in [7, 11) is 3.08. The first-order valence-electron chi connectivity index (χ1n) is 11.2. The van der Waals surface area contributed by atoms with Crippen molar-refractivity contribution < 1.29 is 24.2 Å². The zero-order valence-electron chi connectivity index (χ0n) is 20.1. The molecule has 1 atom stereocenters. The highest BCUT2D eigenvalue weighted by atomic mass is 16.5. The van der Waals surface area contributed by atoms with Crippen molar-refractivity contribution in [1.82, 2.24) is 0 Å². The first-order chi connectivity index (χ1) is 16.8. The number of aliphatic carboxylic acids is 1. The highest BCUT2D eigenvalue weighted by molar-refractivity contribution is 6.12. The Balaban J connectivity index is 1.92. The maximum Gasteiger partial charge on any atom is 0.275 e. The summed E-state index contributed by atoms with van der Waals surface area (Å²) >= 11 is 0. The van der Waals surface area contributed by atoms with Crippen LogP contribution in [0, 0.1) is 13.8 Å². The van der Waals surface area contributed by atoms with Gasteiger partial charge in [0.15, 0.2) is 0 Å². The molecule has 0 saturated carbocycles. The number of hydrogen-bond donors (Lipinski definition) is 1. The van der Waals surface area contributed by atoms with Gasteiger partial charge in [0.2, 0.25) is 0 Å². The molecule has 7 heteroatoms. The highest BCUT2D eigenvalue weighted by Crippen LogP contribution is 2.46. The Morgan fingerprint density at radius 1 is 0.943 bits per heavy atom. The molecule has 0 unspecified atom stereocenters. The summed E-state index contributed by atoms with van der Waals surface area (Å²) in [6.45, 7) is 3.93. The van der Waals surface area contributed by atoms with Gasteiger partial charge in [0.05, 0.1) is 20.3 Å². The van der Waals surface area contributed by atoms with Crippen LogP contribution in [0.1, 0.15) is 29.2 Å². The van der Waals surface area contributed by atoms with Gasteiger partial charge in [-0.2, -0.15) is 0 Å². The van der Waals surface area contributed by atoms with Crippen molar-refractivity contribution in [3.8, 4) is 11.5 Å². The van der Waals surface area contributed by atoms with Crippen molar-refractivity contribution in [1.29, 1.82) is 0 Å². The Kier molecular flexibility index (Phi) is 6.78. The van der Waals surface area contributed by atoms with Crippen LogP contribution in [-0.4, -0.2) is 26.1 Å². The smallest absolute Gasteiger partial charge is 0.275 e. The summed E-state index contributed by atoms with van der Waals surface area (Å²) in [6.07, 6.45) is -0.428. The predicted octanol–water partition coefficient (Wildman–Crippen LogP) is 3.91. The summed E-state index contributed by atoms with van der Waals surface area (Å²) in [5.41, 5.74) is 4.67. The quantitative estimate of drug-likeness (QED) is 0.536. The maximum absolute atomic E-state index is 13.9. The van der Waals surface area contributed by atoms with Crippen molar-refractivity contribution in [3.63, 3.8) is 0 Å². The van der Waals surface area contributed by atoms with Crippen molar-refractivity contribution >= 4 is 23.3 Å². The van der Waals surface area contributed by atoms with Gasteiger partial charge in [-0.3, -0.25) is 9.69 Å². The van der Waals surface area contributed by atoms with Gasteiger partial charge >= 0.3 is 0 Å². The van der Waals surface area contributed by atoms with Gasteiger partial charge < -0.3 is 24.7 Å². The third-order valence-electron chi connectivity index (χ3n) is 6.05. The summed E-state index contributed by atoms with van der Waals surface area (Å²) in [5, 5.41) is 15.0. The monoisotopic (exact) mass is 471 g/mol. The number of rotatable bonds is 8. The number of amides is 1. The van der Waals surface area contributed by atoms with Gasteiger partial charge in [-0.15, -0.1) is 0 Å². The average molecular weight is 472 g/mol. The van der Waals surface area contributed by atoms with E-state index in [-0.39, 0.29) is 11.6 Å². The van der Waals surface area contributed by atoms with Gasteiger partial charge in [0.1, 0.15) is 17.2 Å². The van der Waals surface area contributed by atoms with E-state index in [4.69, 9.17) is 9.47 Å². The number of nitrogens with zero attached hydrogens (tertiary/aromatic N) is 1. The SMILES string of the molecule is COc1ccc([C@@H]2C(CC(=O)[O-])=C(Nc3ccc(C)cc3)C(=O)N2c2ccc(C)cc2)c(OC)c1. The van der Waals surface area contributed by atoms with Crippen LogP contribution < -0.4 is 24.8 Å². The van der Waals surface area contributed by atoms with E-state index in [0.29, 0.717) is 34.0 Å². The molecule has 0 fully saturated rings. The Labute approximate surface area is 204 Å². The lowest BCUT2D eigenvalue weighted by Crippen LogP contribution is -2.32. The molecule has 0 spiro atoms. The first-order valence-corrected chi connectivity index (χ1v) is 11.2. The second-order valence-electron chi connectivity index (χ2n) is 8.46. The molecule has 1 aliphatic heterocycles. The van der Waals surface area contributed by atoms with Gasteiger partial charge in [0.25, 0.3) is 5.91 Å².